The zero-order chi connectivity index (χ0) is 10.1. The van der Waals surface area contributed by atoms with Gasteiger partial charge in [0.25, 0.3) is 0 Å². The van der Waals surface area contributed by atoms with Gasteiger partial charge in [-0.15, -0.1) is 11.8 Å². The maximum absolute atomic E-state index is 10.8. The van der Waals surface area contributed by atoms with Crippen LogP contribution in [-0.4, -0.2) is 37.4 Å². The smallest absolute Gasteiger partial charge is 0.322 e. The molecule has 0 saturated heterocycles. The number of rotatable bonds is 7. The molecule has 0 saturated carbocycles. The fraction of sp³-hybridized carbons (Fsp3) is 0.875. The minimum absolute atomic E-state index is 0.350. The monoisotopic (exact) mass is 207 g/mol. The Balaban J connectivity index is 3.26. The molecule has 0 spiro atoms. The largest absolute Gasteiger partial charge is 0.468 e. The summed E-state index contributed by atoms with van der Waals surface area (Å²) in [7, 11) is 1.34. The summed E-state index contributed by atoms with van der Waals surface area (Å²) in [4.78, 5) is 10.8. The van der Waals surface area contributed by atoms with Crippen LogP contribution in [0.1, 0.15) is 13.3 Å². The maximum Gasteiger partial charge on any atom is 0.322 e. The van der Waals surface area contributed by atoms with Crippen LogP contribution in [0.25, 0.3) is 0 Å². The second-order valence-electron chi connectivity index (χ2n) is 2.44. The Hall–Kier alpha value is -0.260. The van der Waals surface area contributed by atoms with Gasteiger partial charge in [-0.3, -0.25) is 4.79 Å². The van der Waals surface area contributed by atoms with Crippen LogP contribution in [0.4, 0.5) is 0 Å². The van der Waals surface area contributed by atoms with Crippen molar-refractivity contribution in [3.05, 3.63) is 0 Å². The molecule has 78 valence electrons. The molecular weight excluding hydrogens is 190 g/mol. The molecule has 1 unspecified atom stereocenters. The van der Waals surface area contributed by atoms with E-state index in [2.05, 4.69) is 4.74 Å². The molecule has 0 aromatic rings. The third-order valence-electron chi connectivity index (χ3n) is 1.45. The van der Waals surface area contributed by atoms with Gasteiger partial charge in [-0.25, -0.2) is 0 Å². The summed E-state index contributed by atoms with van der Waals surface area (Å²) < 4.78 is 9.59. The van der Waals surface area contributed by atoms with Gasteiger partial charge in [0.05, 0.1) is 13.0 Å². The zero-order valence-corrected chi connectivity index (χ0v) is 8.93. The van der Waals surface area contributed by atoms with Crippen molar-refractivity contribution in [2.75, 3.05) is 25.4 Å². The molecule has 0 amide bonds. The van der Waals surface area contributed by atoms with E-state index in [-0.39, 0.29) is 5.97 Å². The van der Waals surface area contributed by atoms with E-state index in [9.17, 15) is 4.79 Å². The van der Waals surface area contributed by atoms with Crippen LogP contribution in [-0.2, 0) is 14.3 Å². The summed E-state index contributed by atoms with van der Waals surface area (Å²) in [6, 6.07) is -0.501. The normalized spacial score (nSPS) is 12.5. The average Bonchev–Trinajstić information content (AvgIpc) is 2.16. The average molecular weight is 207 g/mol. The minimum Gasteiger partial charge on any atom is -0.468 e. The van der Waals surface area contributed by atoms with Crippen LogP contribution in [0.3, 0.4) is 0 Å². The van der Waals surface area contributed by atoms with Gasteiger partial charge in [-0.05, 0) is 19.1 Å². The zero-order valence-electron chi connectivity index (χ0n) is 8.12. The Morgan fingerprint density at radius 1 is 1.62 bits per heavy atom. The Labute approximate surface area is 83.1 Å². The number of nitrogens with two attached hydrogens (primary N) is 1. The number of carbonyl (C=O) groups is 1. The van der Waals surface area contributed by atoms with E-state index in [0.29, 0.717) is 12.4 Å². The van der Waals surface area contributed by atoms with Crippen LogP contribution < -0.4 is 5.73 Å². The lowest BCUT2D eigenvalue weighted by molar-refractivity contribution is -0.142. The standard InChI is InChI=1S/C8H17NO3S/c1-3-12-6-13-5-4-7(9)8(10)11-2/h7H,3-6,9H2,1-2H3. The third-order valence-corrected chi connectivity index (χ3v) is 2.31. The van der Waals surface area contributed by atoms with Crippen molar-refractivity contribution in [2.45, 2.75) is 19.4 Å². The number of hydrogen-bond acceptors (Lipinski definition) is 5. The quantitative estimate of drug-likeness (QED) is 0.376. The lowest BCUT2D eigenvalue weighted by Crippen LogP contribution is -2.32. The van der Waals surface area contributed by atoms with Crippen molar-refractivity contribution in [1.29, 1.82) is 0 Å². The molecule has 0 rings (SSSR count). The fourth-order valence-corrected chi connectivity index (χ4v) is 1.50. The molecule has 0 aliphatic rings. The molecule has 0 radical (unpaired) electrons. The van der Waals surface area contributed by atoms with Gasteiger partial charge in [0.15, 0.2) is 0 Å². The second kappa shape index (κ2) is 8.34. The molecule has 0 aromatic carbocycles. The first-order valence-corrected chi connectivity index (χ1v) is 5.36. The summed E-state index contributed by atoms with van der Waals surface area (Å²) in [6.45, 7) is 2.66. The molecule has 0 bridgehead atoms. The Morgan fingerprint density at radius 2 is 2.31 bits per heavy atom. The van der Waals surface area contributed by atoms with Crippen molar-refractivity contribution in [3.63, 3.8) is 0 Å². The van der Waals surface area contributed by atoms with Gasteiger partial charge in [-0.2, -0.15) is 0 Å². The number of thioether (sulfide) groups is 1. The molecule has 0 aromatic heterocycles. The van der Waals surface area contributed by atoms with E-state index < -0.39 is 6.04 Å². The molecule has 2 N–H and O–H groups in total. The highest BCUT2D eigenvalue weighted by molar-refractivity contribution is 7.99. The number of methoxy groups -OCH3 is 1. The van der Waals surface area contributed by atoms with Crippen LogP contribution in [0.5, 0.6) is 0 Å². The number of hydrogen-bond donors (Lipinski definition) is 1. The van der Waals surface area contributed by atoms with Gasteiger partial charge < -0.3 is 15.2 Å². The van der Waals surface area contributed by atoms with Crippen LogP contribution >= 0.6 is 11.8 Å². The first-order valence-electron chi connectivity index (χ1n) is 4.21. The van der Waals surface area contributed by atoms with E-state index in [1.807, 2.05) is 6.92 Å². The summed E-state index contributed by atoms with van der Waals surface area (Å²) in [5, 5.41) is 0. The molecular formula is C8H17NO3S. The van der Waals surface area contributed by atoms with Gasteiger partial charge in [0.1, 0.15) is 6.04 Å². The van der Waals surface area contributed by atoms with Gasteiger partial charge in [0.2, 0.25) is 0 Å². The van der Waals surface area contributed by atoms with Crippen molar-refractivity contribution in [3.8, 4) is 0 Å². The molecule has 13 heavy (non-hydrogen) atoms. The topological polar surface area (TPSA) is 61.5 Å². The van der Waals surface area contributed by atoms with Crippen LogP contribution in [0.15, 0.2) is 0 Å². The summed E-state index contributed by atoms with van der Waals surface area (Å²) >= 11 is 1.62. The summed E-state index contributed by atoms with van der Waals surface area (Å²) in [6.07, 6.45) is 0.629. The molecule has 0 fully saturated rings. The van der Waals surface area contributed by atoms with E-state index in [1.54, 1.807) is 11.8 Å². The summed E-state index contributed by atoms with van der Waals surface area (Å²) in [5.74, 6) is 1.12. The van der Waals surface area contributed by atoms with E-state index in [1.165, 1.54) is 7.11 Å². The first-order chi connectivity index (χ1) is 6.22. The molecule has 5 heteroatoms. The number of esters is 1. The number of ether oxygens (including phenoxy) is 2. The lowest BCUT2D eigenvalue weighted by Gasteiger charge is -2.08. The second-order valence-corrected chi connectivity index (χ2v) is 3.49. The highest BCUT2D eigenvalue weighted by atomic mass is 32.2. The van der Waals surface area contributed by atoms with Crippen molar-refractivity contribution < 1.29 is 14.3 Å². The predicted molar refractivity (Wildman–Crippen MR) is 53.6 cm³/mol. The van der Waals surface area contributed by atoms with E-state index >= 15 is 0 Å². The SMILES string of the molecule is CCOCSCCC(N)C(=O)OC. The van der Waals surface area contributed by atoms with Crippen molar-refractivity contribution in [2.24, 2.45) is 5.73 Å². The van der Waals surface area contributed by atoms with E-state index in [4.69, 9.17) is 10.5 Å². The molecule has 4 nitrogen and oxygen atoms in total. The Morgan fingerprint density at radius 3 is 2.85 bits per heavy atom. The summed E-state index contributed by atoms with van der Waals surface area (Å²) in [5.41, 5.74) is 5.51. The first kappa shape index (κ1) is 12.7. The molecule has 0 aliphatic carbocycles. The number of carbonyl (C=O) groups excluding carboxylic acids is 1. The Kier molecular flexibility index (Phi) is 8.18. The molecule has 0 heterocycles. The highest BCUT2D eigenvalue weighted by Crippen LogP contribution is 2.04. The van der Waals surface area contributed by atoms with Gasteiger partial charge in [0, 0.05) is 6.61 Å². The molecule has 1 atom stereocenters. The molecule has 0 aliphatic heterocycles. The third kappa shape index (κ3) is 6.86. The van der Waals surface area contributed by atoms with E-state index in [0.717, 1.165) is 12.4 Å². The fourth-order valence-electron chi connectivity index (χ4n) is 0.681. The lowest BCUT2D eigenvalue weighted by atomic mass is 10.2. The highest BCUT2D eigenvalue weighted by Gasteiger charge is 2.12. The Bertz CT molecular complexity index is 143. The van der Waals surface area contributed by atoms with Crippen LogP contribution in [0, 0.1) is 0 Å². The van der Waals surface area contributed by atoms with Crippen LogP contribution in [0.2, 0.25) is 0 Å². The predicted octanol–water partition coefficient (Wildman–Crippen LogP) is 0.604. The van der Waals surface area contributed by atoms with Gasteiger partial charge >= 0.3 is 5.97 Å². The minimum atomic E-state index is -0.501. The maximum atomic E-state index is 10.8. The van der Waals surface area contributed by atoms with Crippen molar-refractivity contribution in [1.82, 2.24) is 0 Å². The van der Waals surface area contributed by atoms with Crippen molar-refractivity contribution >= 4 is 17.7 Å². The van der Waals surface area contributed by atoms with Gasteiger partial charge in [-0.1, -0.05) is 0 Å².